The van der Waals surface area contributed by atoms with E-state index in [-0.39, 0.29) is 11.3 Å². The molecule has 2 aliphatic rings. The first kappa shape index (κ1) is 18.6. The second kappa shape index (κ2) is 6.50. The molecule has 1 saturated heterocycles. The molecule has 0 bridgehead atoms. The Morgan fingerprint density at radius 3 is 2.59 bits per heavy atom. The van der Waals surface area contributed by atoms with E-state index in [0.717, 1.165) is 0 Å². The lowest BCUT2D eigenvalue weighted by atomic mass is 9.93. The van der Waals surface area contributed by atoms with Gasteiger partial charge >= 0.3 is 18.0 Å². The number of alkyl carbamates (subject to hydrolysis) is 1. The molecule has 1 aliphatic carbocycles. The van der Waals surface area contributed by atoms with Crippen LogP contribution in [0.5, 0.6) is 0 Å². The lowest BCUT2D eigenvalue weighted by Gasteiger charge is -2.27. The van der Waals surface area contributed by atoms with Crippen LogP contribution < -0.4 is 5.32 Å². The van der Waals surface area contributed by atoms with Crippen LogP contribution in [0.1, 0.15) is 18.6 Å². The fourth-order valence-electron chi connectivity index (χ4n) is 3.51. The predicted molar refractivity (Wildman–Crippen MR) is 85.9 cm³/mol. The fraction of sp³-hybridized carbons (Fsp3) is 0.438. The Labute approximate surface area is 152 Å². The maximum Gasteiger partial charge on any atom is 0.408 e. The van der Waals surface area contributed by atoms with Gasteiger partial charge in [-0.1, -0.05) is 12.1 Å². The number of para-hydroxylation sites is 1. The Kier molecular flexibility index (Phi) is 4.47. The molecule has 2 fully saturated rings. The van der Waals surface area contributed by atoms with Crippen molar-refractivity contribution in [1.29, 1.82) is 0 Å². The first-order chi connectivity index (χ1) is 12.7. The van der Waals surface area contributed by atoms with Gasteiger partial charge < -0.3 is 25.0 Å². The van der Waals surface area contributed by atoms with E-state index in [1.54, 1.807) is 0 Å². The average Bonchev–Trinajstić information content (AvgIpc) is 3.23. The van der Waals surface area contributed by atoms with Crippen LogP contribution in [0.25, 0.3) is 0 Å². The third-order valence-corrected chi connectivity index (χ3v) is 4.87. The number of rotatable bonds is 6. The summed E-state index contributed by atoms with van der Waals surface area (Å²) in [6.45, 7) is 1.01. The van der Waals surface area contributed by atoms with Crippen LogP contribution in [0.3, 0.4) is 0 Å². The van der Waals surface area contributed by atoms with Crippen LogP contribution in [0, 0.1) is 22.0 Å². The number of nitro groups is 1. The zero-order valence-electron chi connectivity index (χ0n) is 14.0. The number of aliphatic carboxylic acids is 2. The number of nitrogens with one attached hydrogen (secondary N) is 1. The number of ether oxygens (including phenoxy) is 2. The highest BCUT2D eigenvalue weighted by Gasteiger charge is 2.74. The van der Waals surface area contributed by atoms with E-state index < -0.39 is 59.1 Å². The van der Waals surface area contributed by atoms with Crippen LogP contribution in [0.15, 0.2) is 24.3 Å². The normalized spacial score (nSPS) is 29.3. The van der Waals surface area contributed by atoms with Crippen LogP contribution in [-0.2, 0) is 19.1 Å². The summed E-state index contributed by atoms with van der Waals surface area (Å²) in [6, 6.07) is 5.67. The molecule has 0 unspecified atom stereocenters. The number of fused-ring (bicyclic) bond motifs is 1. The summed E-state index contributed by atoms with van der Waals surface area (Å²) in [5, 5.41) is 31.9. The van der Waals surface area contributed by atoms with Gasteiger partial charge in [-0.15, -0.1) is 0 Å². The lowest BCUT2D eigenvalue weighted by Crippen LogP contribution is -2.58. The number of carboxylic acid groups (broad SMARTS) is 2. The predicted octanol–water partition coefficient (Wildman–Crippen LogP) is 0.935. The smallest absolute Gasteiger partial charge is 0.408 e. The molecule has 0 spiro atoms. The van der Waals surface area contributed by atoms with E-state index in [1.165, 1.54) is 31.2 Å². The Hall–Kier alpha value is -3.21. The molecule has 27 heavy (non-hydrogen) atoms. The zero-order valence-corrected chi connectivity index (χ0v) is 14.0. The Morgan fingerprint density at radius 2 is 2.04 bits per heavy atom. The second-order valence-electron chi connectivity index (χ2n) is 6.43. The number of amides is 1. The van der Waals surface area contributed by atoms with Crippen LogP contribution in [-0.4, -0.2) is 51.4 Å². The molecule has 3 rings (SSSR count). The molecule has 1 aromatic carbocycles. The van der Waals surface area contributed by atoms with Gasteiger partial charge in [-0.3, -0.25) is 14.9 Å². The van der Waals surface area contributed by atoms with E-state index in [2.05, 4.69) is 5.32 Å². The minimum Gasteiger partial charge on any atom is -0.481 e. The fourth-order valence-corrected chi connectivity index (χ4v) is 3.51. The molecule has 1 aromatic rings. The summed E-state index contributed by atoms with van der Waals surface area (Å²) >= 11 is 0. The Morgan fingerprint density at radius 1 is 1.37 bits per heavy atom. The molecule has 0 radical (unpaired) electrons. The van der Waals surface area contributed by atoms with Crippen LogP contribution >= 0.6 is 0 Å². The van der Waals surface area contributed by atoms with E-state index in [9.17, 15) is 29.6 Å². The van der Waals surface area contributed by atoms with Gasteiger partial charge in [-0.2, -0.15) is 0 Å². The van der Waals surface area contributed by atoms with Crippen LogP contribution in [0.4, 0.5) is 10.5 Å². The first-order valence-corrected chi connectivity index (χ1v) is 7.99. The number of nitro benzene ring substituents is 1. The zero-order chi connectivity index (χ0) is 19.9. The topological polar surface area (TPSA) is 165 Å². The Balaban J connectivity index is 1.74. The minimum absolute atomic E-state index is 0.136. The van der Waals surface area contributed by atoms with E-state index in [1.807, 2.05) is 0 Å². The molecule has 3 N–H and O–H groups in total. The van der Waals surface area contributed by atoms with Crippen molar-refractivity contribution < 1.29 is 39.0 Å². The molecule has 11 nitrogen and oxygen atoms in total. The van der Waals surface area contributed by atoms with Crippen molar-refractivity contribution in [2.75, 3.05) is 6.61 Å². The van der Waals surface area contributed by atoms with E-state index in [4.69, 9.17) is 14.6 Å². The maximum atomic E-state index is 12.2. The molecule has 144 valence electrons. The van der Waals surface area contributed by atoms with Crippen LogP contribution in [0.2, 0.25) is 0 Å². The molecular weight excluding hydrogens is 364 g/mol. The quantitative estimate of drug-likeness (QED) is 0.481. The second-order valence-corrected chi connectivity index (χ2v) is 6.43. The highest BCUT2D eigenvalue weighted by Crippen LogP contribution is 2.54. The van der Waals surface area contributed by atoms with E-state index >= 15 is 0 Å². The Bertz CT molecular complexity index is 826. The highest BCUT2D eigenvalue weighted by atomic mass is 16.6. The summed E-state index contributed by atoms with van der Waals surface area (Å²) in [6.07, 6.45) is -2.96. The molecule has 1 saturated carbocycles. The molecule has 1 amide bonds. The first-order valence-electron chi connectivity index (χ1n) is 7.99. The minimum atomic E-state index is -1.92. The van der Waals surface area contributed by atoms with E-state index in [0.29, 0.717) is 0 Å². The molecule has 1 aliphatic heterocycles. The number of benzene rings is 1. The summed E-state index contributed by atoms with van der Waals surface area (Å²) < 4.78 is 10.3. The molecular formula is C16H16N2O9. The van der Waals surface area contributed by atoms with Crippen molar-refractivity contribution >= 4 is 23.7 Å². The summed E-state index contributed by atoms with van der Waals surface area (Å²) in [7, 11) is 0. The molecule has 1 heterocycles. The van der Waals surface area contributed by atoms with Gasteiger partial charge in [0.05, 0.1) is 29.1 Å². The van der Waals surface area contributed by atoms with Gasteiger partial charge in [0.2, 0.25) is 0 Å². The summed E-state index contributed by atoms with van der Waals surface area (Å²) in [5.41, 5.74) is -2.03. The lowest BCUT2D eigenvalue weighted by molar-refractivity contribution is -0.386. The van der Waals surface area contributed by atoms with Gasteiger partial charge in [-0.25, -0.2) is 9.59 Å². The largest absolute Gasteiger partial charge is 0.481 e. The summed E-state index contributed by atoms with van der Waals surface area (Å²) in [5.74, 6) is -4.59. The number of carbonyl (C=O) groups is 3. The van der Waals surface area contributed by atoms with Gasteiger partial charge in [-0.05, 0) is 13.0 Å². The third-order valence-electron chi connectivity index (χ3n) is 4.87. The number of carboxylic acids is 2. The number of nitrogens with zero attached hydrogens (tertiary/aromatic N) is 1. The third kappa shape index (κ3) is 3.05. The number of hydrogen-bond donors (Lipinski definition) is 3. The van der Waals surface area contributed by atoms with Gasteiger partial charge in [0.25, 0.3) is 5.69 Å². The molecule has 5 atom stereocenters. The molecule has 11 heteroatoms. The van der Waals surface area contributed by atoms with Crippen molar-refractivity contribution in [3.8, 4) is 0 Å². The highest BCUT2D eigenvalue weighted by molar-refractivity contribution is 5.89. The van der Waals surface area contributed by atoms with Crippen molar-refractivity contribution in [3.63, 3.8) is 0 Å². The van der Waals surface area contributed by atoms with Gasteiger partial charge in [0.15, 0.2) is 5.54 Å². The van der Waals surface area contributed by atoms with Gasteiger partial charge in [0.1, 0.15) is 6.10 Å². The average molecular weight is 380 g/mol. The van der Waals surface area contributed by atoms with Crippen molar-refractivity contribution in [3.05, 3.63) is 39.9 Å². The van der Waals surface area contributed by atoms with Crippen molar-refractivity contribution in [1.82, 2.24) is 5.32 Å². The number of carbonyl (C=O) groups excluding carboxylic acids is 1. The molecule has 0 aromatic heterocycles. The van der Waals surface area contributed by atoms with Crippen molar-refractivity contribution in [2.45, 2.75) is 24.7 Å². The van der Waals surface area contributed by atoms with Gasteiger partial charge in [0, 0.05) is 12.0 Å². The maximum absolute atomic E-state index is 12.2. The monoisotopic (exact) mass is 380 g/mol. The summed E-state index contributed by atoms with van der Waals surface area (Å²) in [4.78, 5) is 45.6. The standard InChI is InChI=1S/C16H16N2O9/c1-7(8-4-2-3-5-9(8)18(24)25)27-15(23)17-16(14(21)22)6-26-12-10(11(12)16)13(19)20/h2-5,7,10-12H,6H2,1H3,(H,17,23)(H,19,20)(H,21,22)/t7-,10+,11-,12-,16-/m0/s1. The SMILES string of the molecule is C[C@H](OC(=O)N[C@@]1(C(=O)O)CO[C@H]2[C@H](C(=O)O)[C@@H]21)c1ccccc1[N+](=O)[O-]. The number of hydrogen-bond acceptors (Lipinski definition) is 7. The van der Waals surface area contributed by atoms with Crippen molar-refractivity contribution in [2.24, 2.45) is 11.8 Å².